The highest BCUT2D eigenvalue weighted by molar-refractivity contribution is 5.38. The van der Waals surface area contributed by atoms with Crippen LogP contribution in [-0.2, 0) is 6.54 Å². The van der Waals surface area contributed by atoms with Crippen molar-refractivity contribution >= 4 is 0 Å². The molecule has 1 aliphatic heterocycles. The van der Waals surface area contributed by atoms with E-state index in [1.165, 1.54) is 31.7 Å². The summed E-state index contributed by atoms with van der Waals surface area (Å²) in [5.41, 5.74) is 7.09. The molecule has 2 rings (SSSR count). The molecule has 1 aromatic rings. The van der Waals surface area contributed by atoms with Crippen LogP contribution in [-0.4, -0.2) is 24.5 Å². The molecule has 1 heterocycles. The first-order valence-electron chi connectivity index (χ1n) is 7.92. The van der Waals surface area contributed by atoms with Gasteiger partial charge in [-0.25, -0.2) is 4.39 Å². The molecule has 1 fully saturated rings. The van der Waals surface area contributed by atoms with E-state index in [0.29, 0.717) is 6.54 Å². The molecular formula is C18H25FN2. The van der Waals surface area contributed by atoms with Crippen LogP contribution >= 0.6 is 0 Å². The average molecular weight is 288 g/mol. The van der Waals surface area contributed by atoms with Gasteiger partial charge in [-0.2, -0.15) is 0 Å². The van der Waals surface area contributed by atoms with Gasteiger partial charge in [0.15, 0.2) is 0 Å². The number of piperidine rings is 1. The number of nitrogens with two attached hydrogens (primary N) is 1. The fourth-order valence-electron chi connectivity index (χ4n) is 3.07. The monoisotopic (exact) mass is 288 g/mol. The van der Waals surface area contributed by atoms with Crippen molar-refractivity contribution in [1.29, 1.82) is 0 Å². The van der Waals surface area contributed by atoms with Gasteiger partial charge in [0.05, 0.1) is 6.54 Å². The molecule has 0 atom stereocenters. The molecule has 2 nitrogen and oxygen atoms in total. The van der Waals surface area contributed by atoms with Crippen LogP contribution in [0.4, 0.5) is 4.39 Å². The summed E-state index contributed by atoms with van der Waals surface area (Å²) < 4.78 is 13.7. The van der Waals surface area contributed by atoms with Gasteiger partial charge in [0.25, 0.3) is 0 Å². The van der Waals surface area contributed by atoms with E-state index in [0.717, 1.165) is 36.7 Å². The van der Waals surface area contributed by atoms with Gasteiger partial charge in [-0.1, -0.05) is 31.6 Å². The zero-order valence-electron chi connectivity index (χ0n) is 12.9. The van der Waals surface area contributed by atoms with Gasteiger partial charge < -0.3 is 5.73 Å². The van der Waals surface area contributed by atoms with Crippen LogP contribution in [0.1, 0.15) is 43.7 Å². The van der Waals surface area contributed by atoms with Gasteiger partial charge >= 0.3 is 0 Å². The van der Waals surface area contributed by atoms with Gasteiger partial charge in [0.2, 0.25) is 0 Å². The van der Waals surface area contributed by atoms with E-state index >= 15 is 0 Å². The highest BCUT2D eigenvalue weighted by atomic mass is 19.1. The minimum absolute atomic E-state index is 0.213. The normalized spacial score (nSPS) is 16.5. The molecule has 2 N–H and O–H groups in total. The summed E-state index contributed by atoms with van der Waals surface area (Å²) in [6.07, 6.45) is 5.15. The first kappa shape index (κ1) is 16.0. The van der Waals surface area contributed by atoms with Crippen molar-refractivity contribution in [3.63, 3.8) is 0 Å². The van der Waals surface area contributed by atoms with Crippen molar-refractivity contribution in [1.82, 2.24) is 4.90 Å². The van der Waals surface area contributed by atoms with Crippen LogP contribution in [0, 0.1) is 23.6 Å². The Morgan fingerprint density at radius 2 is 2.05 bits per heavy atom. The average Bonchev–Trinajstić information content (AvgIpc) is 2.47. The lowest BCUT2D eigenvalue weighted by molar-refractivity contribution is 0.171. The zero-order valence-corrected chi connectivity index (χ0v) is 12.9. The molecule has 3 heteroatoms. The van der Waals surface area contributed by atoms with E-state index in [2.05, 4.69) is 23.7 Å². The van der Waals surface area contributed by atoms with Crippen molar-refractivity contribution in [2.75, 3.05) is 19.6 Å². The summed E-state index contributed by atoms with van der Waals surface area (Å²) in [7, 11) is 0. The van der Waals surface area contributed by atoms with Gasteiger partial charge in [0, 0.05) is 12.1 Å². The van der Waals surface area contributed by atoms with Gasteiger partial charge in [-0.3, -0.25) is 4.90 Å². The maximum atomic E-state index is 13.7. The fourth-order valence-corrected chi connectivity index (χ4v) is 3.07. The van der Waals surface area contributed by atoms with Crippen LogP contribution in [0.5, 0.6) is 0 Å². The molecule has 1 aromatic carbocycles. The Labute approximate surface area is 127 Å². The van der Waals surface area contributed by atoms with Crippen LogP contribution in [0.2, 0.25) is 0 Å². The summed E-state index contributed by atoms with van der Waals surface area (Å²) in [6.45, 7) is 5.60. The zero-order chi connectivity index (χ0) is 15.1. The Morgan fingerprint density at radius 1 is 1.29 bits per heavy atom. The molecule has 0 radical (unpaired) electrons. The number of nitrogens with zero attached hydrogens (tertiary/aromatic N) is 1. The second-order valence-corrected chi connectivity index (χ2v) is 5.86. The van der Waals surface area contributed by atoms with E-state index in [4.69, 9.17) is 5.73 Å². The maximum absolute atomic E-state index is 13.7. The van der Waals surface area contributed by atoms with Gasteiger partial charge in [-0.05, 0) is 55.6 Å². The smallest absolute Gasteiger partial charge is 0.124 e. The summed E-state index contributed by atoms with van der Waals surface area (Å²) in [5.74, 6) is 6.36. The molecular weight excluding hydrogens is 263 g/mol. The van der Waals surface area contributed by atoms with Gasteiger partial charge in [0.1, 0.15) is 5.82 Å². The van der Waals surface area contributed by atoms with Crippen molar-refractivity contribution in [2.24, 2.45) is 11.7 Å². The maximum Gasteiger partial charge on any atom is 0.124 e. The van der Waals surface area contributed by atoms with E-state index < -0.39 is 0 Å². The van der Waals surface area contributed by atoms with E-state index in [-0.39, 0.29) is 5.82 Å². The molecule has 0 spiro atoms. The van der Waals surface area contributed by atoms with E-state index in [1.54, 1.807) is 6.07 Å². The first-order chi connectivity index (χ1) is 10.2. The lowest BCUT2D eigenvalue weighted by atomic mass is 9.92. The van der Waals surface area contributed by atoms with Crippen molar-refractivity contribution in [3.8, 4) is 11.8 Å². The minimum Gasteiger partial charge on any atom is -0.320 e. The second kappa shape index (κ2) is 8.17. The second-order valence-electron chi connectivity index (χ2n) is 5.86. The molecule has 0 aliphatic carbocycles. The first-order valence-corrected chi connectivity index (χ1v) is 7.92. The SMILES string of the molecule is CCCC1CCN(Cc2cc(F)cc(C#CCN)c2)CC1. The lowest BCUT2D eigenvalue weighted by Crippen LogP contribution is -2.33. The Bertz CT molecular complexity index is 508. The molecule has 21 heavy (non-hydrogen) atoms. The number of halogens is 1. The third-order valence-corrected chi connectivity index (χ3v) is 4.10. The molecule has 0 bridgehead atoms. The third kappa shape index (κ3) is 5.15. The van der Waals surface area contributed by atoms with Crippen molar-refractivity contribution in [2.45, 2.75) is 39.2 Å². The van der Waals surface area contributed by atoms with E-state index in [1.807, 2.05) is 6.07 Å². The number of likely N-dealkylation sites (tertiary alicyclic amines) is 1. The molecule has 0 unspecified atom stereocenters. The highest BCUT2D eigenvalue weighted by Crippen LogP contribution is 2.23. The molecule has 0 amide bonds. The molecule has 1 saturated heterocycles. The Kier molecular flexibility index (Phi) is 6.22. The molecule has 1 aliphatic rings. The number of rotatable bonds is 4. The minimum atomic E-state index is -0.213. The fraction of sp³-hybridized carbons (Fsp3) is 0.556. The predicted molar refractivity (Wildman–Crippen MR) is 85.2 cm³/mol. The summed E-state index contributed by atoms with van der Waals surface area (Å²) in [5, 5.41) is 0. The molecule has 0 aromatic heterocycles. The standard InChI is InChI=1S/C18H25FN2/c1-2-4-15-6-9-21(10-7-15)14-17-11-16(5-3-8-20)12-18(19)13-17/h11-13,15H,2,4,6-10,14,20H2,1H3. The summed E-state index contributed by atoms with van der Waals surface area (Å²) >= 11 is 0. The van der Waals surface area contributed by atoms with E-state index in [9.17, 15) is 4.39 Å². The number of benzene rings is 1. The Balaban J connectivity index is 1.95. The predicted octanol–water partition coefficient (Wildman–Crippen LogP) is 3.15. The summed E-state index contributed by atoms with van der Waals surface area (Å²) in [4.78, 5) is 2.42. The number of hydrogen-bond donors (Lipinski definition) is 1. The molecule has 114 valence electrons. The molecule has 0 saturated carbocycles. The lowest BCUT2D eigenvalue weighted by Gasteiger charge is -2.31. The topological polar surface area (TPSA) is 29.3 Å². The Hall–Kier alpha value is -1.37. The van der Waals surface area contributed by atoms with Crippen molar-refractivity contribution in [3.05, 3.63) is 35.1 Å². The van der Waals surface area contributed by atoms with Gasteiger partial charge in [-0.15, -0.1) is 0 Å². The van der Waals surface area contributed by atoms with Crippen LogP contribution in [0.3, 0.4) is 0 Å². The third-order valence-electron chi connectivity index (χ3n) is 4.10. The van der Waals surface area contributed by atoms with Crippen LogP contribution in [0.25, 0.3) is 0 Å². The van der Waals surface area contributed by atoms with Crippen molar-refractivity contribution < 1.29 is 4.39 Å². The number of hydrogen-bond acceptors (Lipinski definition) is 2. The largest absolute Gasteiger partial charge is 0.320 e. The van der Waals surface area contributed by atoms with Crippen LogP contribution in [0.15, 0.2) is 18.2 Å². The summed E-state index contributed by atoms with van der Waals surface area (Å²) in [6, 6.07) is 5.06. The quantitative estimate of drug-likeness (QED) is 0.862. The highest BCUT2D eigenvalue weighted by Gasteiger charge is 2.18. The Morgan fingerprint density at radius 3 is 2.71 bits per heavy atom. The van der Waals surface area contributed by atoms with Crippen LogP contribution < -0.4 is 5.73 Å².